The number of rotatable bonds is 8. The van der Waals surface area contributed by atoms with Gasteiger partial charge in [0.05, 0.1) is 11.2 Å². The smallest absolute Gasteiger partial charge is 0.251 e. The largest absolute Gasteiger partial charge is 0.355 e. The van der Waals surface area contributed by atoms with Crippen molar-refractivity contribution >= 4 is 22.7 Å². The molecule has 0 saturated carbocycles. The van der Waals surface area contributed by atoms with Crippen LogP contribution in [0.2, 0.25) is 0 Å². The van der Waals surface area contributed by atoms with E-state index < -0.39 is 0 Å². The molecule has 1 aromatic heterocycles. The van der Waals surface area contributed by atoms with E-state index in [1.54, 1.807) is 19.2 Å². The number of nitrogens with one attached hydrogen (secondary N) is 3. The third-order valence-corrected chi connectivity index (χ3v) is 5.50. The average molecular weight is 442 g/mol. The molecule has 0 aliphatic rings. The van der Waals surface area contributed by atoms with Gasteiger partial charge in [0.25, 0.3) is 11.8 Å². The Morgan fingerprint density at radius 3 is 2.18 bits per heavy atom. The highest BCUT2D eigenvalue weighted by atomic mass is 16.2. The number of para-hydroxylation sites is 1. The van der Waals surface area contributed by atoms with Crippen molar-refractivity contribution < 1.29 is 9.59 Å². The van der Waals surface area contributed by atoms with Gasteiger partial charge in [0.2, 0.25) is 0 Å². The van der Waals surface area contributed by atoms with Gasteiger partial charge in [-0.3, -0.25) is 9.59 Å². The summed E-state index contributed by atoms with van der Waals surface area (Å²) in [5, 5.41) is 14.5. The maximum Gasteiger partial charge on any atom is 0.251 e. The zero-order chi connectivity index (χ0) is 23.2. The Morgan fingerprint density at radius 1 is 0.818 bits per heavy atom. The second-order valence-electron chi connectivity index (χ2n) is 7.69. The third-order valence-electron chi connectivity index (χ3n) is 5.50. The highest BCUT2D eigenvalue weighted by Crippen LogP contribution is 2.30. The van der Waals surface area contributed by atoms with Crippen LogP contribution in [0.4, 0.5) is 0 Å². The number of carbonyl (C=O) groups is 2. The van der Waals surface area contributed by atoms with Crippen LogP contribution in [0.3, 0.4) is 0 Å². The molecule has 1 heterocycles. The molecule has 3 aromatic carbocycles. The zero-order valence-electron chi connectivity index (χ0n) is 18.8. The number of aromatic nitrogens is 2. The summed E-state index contributed by atoms with van der Waals surface area (Å²) in [6, 6.07) is 22.9. The number of hydrogen-bond donors (Lipinski definition) is 3. The summed E-state index contributed by atoms with van der Waals surface area (Å²) in [6.45, 7) is 1.50. The first kappa shape index (κ1) is 22.2. The number of nitrogens with zero attached hydrogens (tertiary/aromatic N) is 2. The lowest BCUT2D eigenvalue weighted by Crippen LogP contribution is -2.26. The summed E-state index contributed by atoms with van der Waals surface area (Å²) in [5.41, 5.74) is 4.81. The first-order chi connectivity index (χ1) is 16.1. The van der Waals surface area contributed by atoms with Gasteiger partial charge in [-0.05, 0) is 62.5 Å². The van der Waals surface area contributed by atoms with Gasteiger partial charge in [0.15, 0.2) is 0 Å². The molecule has 168 valence electrons. The zero-order valence-corrected chi connectivity index (χ0v) is 18.8. The van der Waals surface area contributed by atoms with Crippen LogP contribution in [-0.2, 0) is 0 Å². The maximum atomic E-state index is 12.4. The van der Waals surface area contributed by atoms with Crippen molar-refractivity contribution in [2.24, 2.45) is 0 Å². The Morgan fingerprint density at radius 2 is 1.48 bits per heavy atom. The highest BCUT2D eigenvalue weighted by molar-refractivity contribution is 5.97. The minimum absolute atomic E-state index is 0.0794. The van der Waals surface area contributed by atoms with Crippen LogP contribution in [0.15, 0.2) is 72.8 Å². The van der Waals surface area contributed by atoms with Crippen molar-refractivity contribution in [1.29, 1.82) is 0 Å². The van der Waals surface area contributed by atoms with Gasteiger partial charge in [-0.1, -0.05) is 30.3 Å². The van der Waals surface area contributed by atoms with Crippen molar-refractivity contribution in [2.45, 2.75) is 6.42 Å². The predicted molar refractivity (Wildman–Crippen MR) is 131 cm³/mol. The van der Waals surface area contributed by atoms with E-state index in [2.05, 4.69) is 16.0 Å². The number of amides is 2. The molecule has 7 nitrogen and oxygen atoms in total. The fourth-order valence-corrected chi connectivity index (χ4v) is 3.72. The number of benzene rings is 3. The van der Waals surface area contributed by atoms with E-state index in [1.807, 2.05) is 72.4 Å². The Hall–Kier alpha value is -3.97. The average Bonchev–Trinajstić information content (AvgIpc) is 3.26. The summed E-state index contributed by atoms with van der Waals surface area (Å²) in [7, 11) is 3.51. The number of carbonyl (C=O) groups excluding carboxylic acids is 2. The molecule has 0 saturated heterocycles. The third kappa shape index (κ3) is 4.78. The molecular formula is C26H27N5O2. The lowest BCUT2D eigenvalue weighted by atomic mass is 10.1. The van der Waals surface area contributed by atoms with Crippen molar-refractivity contribution in [3.05, 3.63) is 83.9 Å². The molecule has 33 heavy (non-hydrogen) atoms. The summed E-state index contributed by atoms with van der Waals surface area (Å²) in [5.74, 6) is -0.206. The Labute approximate surface area is 192 Å². The van der Waals surface area contributed by atoms with E-state index in [1.165, 1.54) is 0 Å². The highest BCUT2D eigenvalue weighted by Gasteiger charge is 2.14. The van der Waals surface area contributed by atoms with Gasteiger partial charge >= 0.3 is 0 Å². The van der Waals surface area contributed by atoms with Crippen LogP contribution in [0, 0.1) is 0 Å². The molecule has 4 rings (SSSR count). The monoisotopic (exact) mass is 441 g/mol. The van der Waals surface area contributed by atoms with E-state index in [4.69, 9.17) is 5.10 Å². The van der Waals surface area contributed by atoms with Crippen LogP contribution >= 0.6 is 0 Å². The SMILES string of the molecule is CNCCCNC(=O)c1ccc(-c2nn(-c3ccc(C(=O)NC)cc3)c3ccccc23)cc1. The normalized spacial score (nSPS) is 10.8. The van der Waals surface area contributed by atoms with Gasteiger partial charge in [-0.25, -0.2) is 4.68 Å². The van der Waals surface area contributed by atoms with Crippen LogP contribution in [-0.4, -0.2) is 48.8 Å². The lowest BCUT2D eigenvalue weighted by Gasteiger charge is -2.06. The van der Waals surface area contributed by atoms with Crippen LogP contribution in [0.25, 0.3) is 27.8 Å². The summed E-state index contributed by atoms with van der Waals surface area (Å²) >= 11 is 0. The van der Waals surface area contributed by atoms with Gasteiger partial charge in [0, 0.05) is 35.7 Å². The fourth-order valence-electron chi connectivity index (χ4n) is 3.72. The van der Waals surface area contributed by atoms with E-state index in [0.29, 0.717) is 17.7 Å². The van der Waals surface area contributed by atoms with Crippen LogP contribution in [0.5, 0.6) is 0 Å². The molecule has 0 fully saturated rings. The first-order valence-electron chi connectivity index (χ1n) is 11.0. The number of hydrogen-bond acceptors (Lipinski definition) is 4. The molecule has 0 aliphatic carbocycles. The summed E-state index contributed by atoms with van der Waals surface area (Å²) in [6.07, 6.45) is 0.883. The quantitative estimate of drug-likeness (QED) is 0.366. The Kier molecular flexibility index (Phi) is 6.80. The van der Waals surface area contributed by atoms with E-state index in [0.717, 1.165) is 40.8 Å². The van der Waals surface area contributed by atoms with E-state index in [-0.39, 0.29) is 11.8 Å². The molecule has 0 bridgehead atoms. The Balaban J connectivity index is 1.63. The van der Waals surface area contributed by atoms with E-state index in [9.17, 15) is 9.59 Å². The molecule has 7 heteroatoms. The van der Waals surface area contributed by atoms with Gasteiger partial charge in [-0.15, -0.1) is 0 Å². The van der Waals surface area contributed by atoms with Gasteiger partial charge in [-0.2, -0.15) is 5.10 Å². The van der Waals surface area contributed by atoms with Crippen molar-refractivity contribution in [3.8, 4) is 16.9 Å². The van der Waals surface area contributed by atoms with Crippen molar-refractivity contribution in [2.75, 3.05) is 27.2 Å². The molecule has 0 unspecified atom stereocenters. The lowest BCUT2D eigenvalue weighted by molar-refractivity contribution is 0.0948. The molecule has 0 radical (unpaired) electrons. The Bertz CT molecular complexity index is 1260. The second-order valence-corrected chi connectivity index (χ2v) is 7.69. The van der Waals surface area contributed by atoms with Crippen LogP contribution in [0.1, 0.15) is 27.1 Å². The molecular weight excluding hydrogens is 414 g/mol. The fraction of sp³-hybridized carbons (Fsp3) is 0.192. The molecule has 2 amide bonds. The first-order valence-corrected chi connectivity index (χ1v) is 11.0. The van der Waals surface area contributed by atoms with Gasteiger partial charge in [0.1, 0.15) is 5.69 Å². The molecule has 0 atom stereocenters. The summed E-state index contributed by atoms with van der Waals surface area (Å²) in [4.78, 5) is 24.2. The molecule has 0 aliphatic heterocycles. The predicted octanol–water partition coefficient (Wildman–Crippen LogP) is 3.39. The molecule has 3 N–H and O–H groups in total. The van der Waals surface area contributed by atoms with E-state index >= 15 is 0 Å². The van der Waals surface area contributed by atoms with Gasteiger partial charge < -0.3 is 16.0 Å². The molecule has 4 aromatic rings. The minimum atomic E-state index is -0.126. The maximum absolute atomic E-state index is 12.4. The van der Waals surface area contributed by atoms with Crippen LogP contribution < -0.4 is 16.0 Å². The minimum Gasteiger partial charge on any atom is -0.355 e. The number of fused-ring (bicyclic) bond motifs is 1. The van der Waals surface area contributed by atoms with Crippen molar-refractivity contribution in [1.82, 2.24) is 25.7 Å². The second kappa shape index (κ2) is 10.1. The molecule has 0 spiro atoms. The standard InChI is InChI=1S/C26H27N5O2/c1-27-16-5-17-29-26(33)20-10-8-18(9-11-20)24-22-6-3-4-7-23(22)31(30-24)21-14-12-19(13-15-21)25(32)28-2/h3-4,6-15,27H,5,16-17H2,1-2H3,(H,28,32)(H,29,33). The van der Waals surface area contributed by atoms with Crippen molar-refractivity contribution in [3.63, 3.8) is 0 Å². The topological polar surface area (TPSA) is 88.0 Å². The summed E-state index contributed by atoms with van der Waals surface area (Å²) < 4.78 is 1.88.